The molecule has 5 aromatic rings. The van der Waals surface area contributed by atoms with Crippen LogP contribution in [0.5, 0.6) is 0 Å². The molecule has 0 bridgehead atoms. The Morgan fingerprint density at radius 2 is 0.951 bits per heavy atom. The second-order valence-electron chi connectivity index (χ2n) is 10.5. The van der Waals surface area contributed by atoms with Gasteiger partial charge in [-0.15, -0.1) is 5.69 Å². The molecule has 0 saturated carbocycles. The average molecular weight is 550 g/mol. The van der Waals surface area contributed by atoms with Crippen molar-refractivity contribution in [3.8, 4) is 0 Å². The molecule has 5 aromatic carbocycles. The van der Waals surface area contributed by atoms with Gasteiger partial charge in [0.25, 0.3) is 0 Å². The van der Waals surface area contributed by atoms with E-state index in [1.54, 1.807) is 0 Å². The predicted molar refractivity (Wildman–Crippen MR) is 174 cm³/mol. The van der Waals surface area contributed by atoms with Crippen LogP contribution in [-0.4, -0.2) is 0 Å². The third kappa shape index (κ3) is 6.55. The SMILES string of the molecule is CC(C)c1cccc(C(C)C)c1N=P(c1ccccc1)(c1ccccc1)N([N-]c1ccccc1)c1ccccc1.[Li+]. The van der Waals surface area contributed by atoms with E-state index in [0.717, 1.165) is 27.7 Å². The van der Waals surface area contributed by atoms with Crippen LogP contribution >= 0.6 is 7.21 Å². The zero-order valence-corrected chi connectivity index (χ0v) is 25.6. The van der Waals surface area contributed by atoms with Crippen molar-refractivity contribution >= 4 is 34.9 Å². The summed E-state index contributed by atoms with van der Waals surface area (Å²) < 4.78 is 8.21. The maximum absolute atomic E-state index is 5.99. The zero-order chi connectivity index (χ0) is 28.0. The van der Waals surface area contributed by atoms with Crippen LogP contribution in [0.1, 0.15) is 50.7 Å². The monoisotopic (exact) mass is 549 g/mol. The molecule has 0 radical (unpaired) electrons. The molecule has 202 valence electrons. The molecular formula is C36H37LiN3P. The molecular weight excluding hydrogens is 512 g/mol. The Kier molecular flexibility index (Phi) is 10.4. The van der Waals surface area contributed by atoms with E-state index < -0.39 is 7.21 Å². The van der Waals surface area contributed by atoms with Crippen molar-refractivity contribution in [1.82, 2.24) is 0 Å². The van der Waals surface area contributed by atoms with Crippen LogP contribution < -0.4 is 34.2 Å². The molecule has 0 unspecified atom stereocenters. The maximum Gasteiger partial charge on any atom is 1.00 e. The fourth-order valence-electron chi connectivity index (χ4n) is 5.02. The summed E-state index contributed by atoms with van der Waals surface area (Å²) in [5.74, 6) is 0.643. The summed E-state index contributed by atoms with van der Waals surface area (Å²) in [6.45, 7) is 9.03. The molecule has 0 saturated heterocycles. The Bertz CT molecular complexity index is 1500. The summed E-state index contributed by atoms with van der Waals surface area (Å²) in [5, 5.41) is 2.30. The van der Waals surface area contributed by atoms with Crippen molar-refractivity contribution in [2.75, 3.05) is 4.78 Å². The quantitative estimate of drug-likeness (QED) is 0.107. The van der Waals surface area contributed by atoms with Crippen LogP contribution in [0.2, 0.25) is 0 Å². The van der Waals surface area contributed by atoms with Crippen molar-refractivity contribution in [2.45, 2.75) is 39.5 Å². The van der Waals surface area contributed by atoms with E-state index in [2.05, 4.69) is 154 Å². The van der Waals surface area contributed by atoms with Crippen molar-refractivity contribution in [1.29, 1.82) is 0 Å². The summed E-state index contributed by atoms with van der Waals surface area (Å²) >= 11 is 0. The fraction of sp³-hybridized carbons (Fsp3) is 0.167. The van der Waals surface area contributed by atoms with E-state index in [9.17, 15) is 0 Å². The van der Waals surface area contributed by atoms with Crippen LogP contribution in [-0.2, 0) is 0 Å². The Morgan fingerprint density at radius 1 is 0.537 bits per heavy atom. The van der Waals surface area contributed by atoms with E-state index in [4.69, 9.17) is 10.2 Å². The van der Waals surface area contributed by atoms with Gasteiger partial charge in [0.05, 0.1) is 5.69 Å². The molecule has 3 nitrogen and oxygen atoms in total. The third-order valence-corrected chi connectivity index (χ3v) is 10.4. The molecule has 41 heavy (non-hydrogen) atoms. The normalized spacial score (nSPS) is 11.2. The van der Waals surface area contributed by atoms with Gasteiger partial charge in [0.2, 0.25) is 0 Å². The van der Waals surface area contributed by atoms with Crippen molar-refractivity contribution in [3.63, 3.8) is 0 Å². The number of hydrogen-bond acceptors (Lipinski definition) is 1. The molecule has 0 N–H and O–H groups in total. The molecule has 0 aliphatic heterocycles. The van der Waals surface area contributed by atoms with Crippen molar-refractivity contribution in [2.24, 2.45) is 4.74 Å². The zero-order valence-electron chi connectivity index (χ0n) is 24.7. The van der Waals surface area contributed by atoms with Gasteiger partial charge in [-0.05, 0) is 35.1 Å². The van der Waals surface area contributed by atoms with Crippen molar-refractivity contribution < 1.29 is 18.9 Å². The summed E-state index contributed by atoms with van der Waals surface area (Å²) in [7, 11) is -2.76. The van der Waals surface area contributed by atoms with E-state index in [1.807, 2.05) is 18.2 Å². The Morgan fingerprint density at radius 3 is 1.39 bits per heavy atom. The molecule has 0 aliphatic rings. The first-order valence-corrected chi connectivity index (χ1v) is 15.7. The number of nitrogens with zero attached hydrogens (tertiary/aromatic N) is 3. The van der Waals surface area contributed by atoms with Gasteiger partial charge >= 0.3 is 18.9 Å². The van der Waals surface area contributed by atoms with Crippen LogP contribution in [0.15, 0.2) is 144 Å². The maximum atomic E-state index is 5.99. The van der Waals surface area contributed by atoms with E-state index in [-0.39, 0.29) is 18.9 Å². The number of rotatable bonds is 9. The van der Waals surface area contributed by atoms with Gasteiger partial charge in [-0.3, -0.25) is 0 Å². The van der Waals surface area contributed by atoms with Crippen LogP contribution in [0, 0.1) is 0 Å². The first-order valence-electron chi connectivity index (χ1n) is 14.0. The third-order valence-electron chi connectivity index (χ3n) is 7.05. The molecule has 0 heterocycles. The molecule has 0 fully saturated rings. The van der Waals surface area contributed by atoms with E-state index in [1.165, 1.54) is 11.1 Å². The Hall–Kier alpha value is -3.47. The largest absolute Gasteiger partial charge is 1.00 e. The number of hydrogen-bond donors (Lipinski definition) is 0. The molecule has 0 spiro atoms. The summed E-state index contributed by atoms with van der Waals surface area (Å²) in [5.41, 5.74) is 10.9. The summed E-state index contributed by atoms with van der Waals surface area (Å²) in [6, 6.07) is 48.8. The predicted octanol–water partition coefficient (Wildman–Crippen LogP) is 7.46. The first kappa shape index (κ1) is 30.5. The topological polar surface area (TPSA) is 29.7 Å². The summed E-state index contributed by atoms with van der Waals surface area (Å²) in [6.07, 6.45) is 0. The number of para-hydroxylation sites is 1. The molecule has 0 aliphatic carbocycles. The van der Waals surface area contributed by atoms with Gasteiger partial charge in [-0.1, -0.05) is 155 Å². The average Bonchev–Trinajstić information content (AvgIpc) is 3.00. The van der Waals surface area contributed by atoms with Crippen LogP contribution in [0.3, 0.4) is 0 Å². The molecule has 0 amide bonds. The fourth-order valence-corrected chi connectivity index (χ4v) is 8.47. The van der Waals surface area contributed by atoms with Crippen molar-refractivity contribution in [3.05, 3.63) is 156 Å². The molecule has 0 aromatic heterocycles. The van der Waals surface area contributed by atoms with Gasteiger partial charge in [-0.25, -0.2) is 4.74 Å². The first-order chi connectivity index (χ1) is 19.5. The standard InChI is InChI=1S/C36H37N3P.Li/c1-28(2)34-26-17-27-35(29(3)4)36(34)38-40(32-22-13-7-14-23-32,33-24-15-8-16-25-33)39(31-20-11-6-12-21-31)37-30-18-9-5-10-19-30;/h5-29H,1-4H3;/q-1;+1. The van der Waals surface area contributed by atoms with Gasteiger partial charge in [-0.2, -0.15) is 0 Å². The second-order valence-corrected chi connectivity index (χ2v) is 13.3. The van der Waals surface area contributed by atoms with Gasteiger partial charge in [0.1, 0.15) is 7.21 Å². The minimum Gasteiger partial charge on any atom is -0.590 e. The Balaban J connectivity index is 0.00000387. The van der Waals surface area contributed by atoms with Gasteiger partial charge in [0.15, 0.2) is 0 Å². The summed E-state index contributed by atoms with van der Waals surface area (Å²) in [4.78, 5) is 0. The van der Waals surface area contributed by atoms with Crippen LogP contribution in [0.25, 0.3) is 5.43 Å². The molecule has 0 atom stereocenters. The second kappa shape index (κ2) is 13.9. The minimum absolute atomic E-state index is 0. The van der Waals surface area contributed by atoms with Gasteiger partial charge < -0.3 is 10.2 Å². The Labute approximate surface area is 257 Å². The number of anilines is 1. The van der Waals surface area contributed by atoms with Crippen LogP contribution in [0.4, 0.5) is 17.1 Å². The smallest absolute Gasteiger partial charge is 0.590 e. The molecule has 5 heteroatoms. The number of benzene rings is 5. The molecule has 5 rings (SSSR count). The van der Waals surface area contributed by atoms with Gasteiger partial charge in [0, 0.05) is 16.3 Å². The minimum atomic E-state index is -2.76. The van der Waals surface area contributed by atoms with E-state index in [0.29, 0.717) is 11.8 Å². The van der Waals surface area contributed by atoms with E-state index >= 15 is 0 Å².